The number of unbranched alkanes of at least 4 members (excludes halogenated alkanes) is 1. The van der Waals surface area contributed by atoms with Crippen molar-refractivity contribution >= 4 is 0 Å². The van der Waals surface area contributed by atoms with Gasteiger partial charge in [-0.3, -0.25) is 0 Å². The molecular weight excluding hydrogens is 214 g/mol. The molecule has 0 amide bonds. The number of aliphatic hydroxyl groups excluding tert-OH is 1. The van der Waals surface area contributed by atoms with E-state index in [9.17, 15) is 10.2 Å². The Morgan fingerprint density at radius 1 is 1.24 bits per heavy atom. The van der Waals surface area contributed by atoms with Crippen LogP contribution in [0.15, 0.2) is 12.1 Å². The van der Waals surface area contributed by atoms with E-state index in [-0.39, 0.29) is 11.8 Å². The van der Waals surface area contributed by atoms with Crippen LogP contribution in [0.5, 0.6) is 5.75 Å². The number of benzene rings is 1. The molecule has 1 aromatic rings. The molecule has 0 aliphatic heterocycles. The van der Waals surface area contributed by atoms with Crippen LogP contribution >= 0.6 is 0 Å². The smallest absolute Gasteiger partial charge is 0.116 e. The molecule has 96 valence electrons. The molecule has 0 aliphatic carbocycles. The number of aryl methyl sites for hydroxylation is 2. The second kappa shape index (κ2) is 6.03. The molecule has 0 spiro atoms. The zero-order valence-corrected chi connectivity index (χ0v) is 10.9. The number of phenols is 1. The van der Waals surface area contributed by atoms with Crippen molar-refractivity contribution in [1.82, 2.24) is 0 Å². The predicted octanol–water partition coefficient (Wildman–Crippen LogP) is 2.56. The topological polar surface area (TPSA) is 66.5 Å². The van der Waals surface area contributed by atoms with Crippen LogP contribution in [0.25, 0.3) is 0 Å². The first-order valence-corrected chi connectivity index (χ1v) is 6.21. The maximum atomic E-state index is 10.0. The van der Waals surface area contributed by atoms with Crippen LogP contribution in [-0.4, -0.2) is 16.3 Å². The molecule has 0 unspecified atom stereocenters. The number of aromatic hydroxyl groups is 1. The fourth-order valence-electron chi connectivity index (χ4n) is 2.26. The Morgan fingerprint density at radius 2 is 1.76 bits per heavy atom. The van der Waals surface area contributed by atoms with E-state index in [1.165, 1.54) is 0 Å². The Bertz CT molecular complexity index is 353. The monoisotopic (exact) mass is 237 g/mol. The first kappa shape index (κ1) is 14.0. The highest BCUT2D eigenvalue weighted by atomic mass is 16.3. The molecule has 1 rings (SSSR count). The fraction of sp³-hybridized carbons (Fsp3) is 0.571. The van der Waals surface area contributed by atoms with Crippen LogP contribution in [0.3, 0.4) is 0 Å². The van der Waals surface area contributed by atoms with Gasteiger partial charge in [0.15, 0.2) is 0 Å². The minimum absolute atomic E-state index is 0.249. The highest BCUT2D eigenvalue weighted by Crippen LogP contribution is 2.28. The number of aliphatic hydroxyl groups is 1. The largest absolute Gasteiger partial charge is 0.508 e. The molecule has 17 heavy (non-hydrogen) atoms. The zero-order chi connectivity index (χ0) is 13.0. The maximum Gasteiger partial charge on any atom is 0.116 e. The molecular formula is C14H23NO2. The summed E-state index contributed by atoms with van der Waals surface area (Å²) in [7, 11) is 0. The lowest BCUT2D eigenvalue weighted by molar-refractivity contribution is 0.132. The van der Waals surface area contributed by atoms with Gasteiger partial charge in [0.05, 0.1) is 12.1 Å². The van der Waals surface area contributed by atoms with Crippen molar-refractivity contribution in [3.05, 3.63) is 28.8 Å². The molecule has 0 saturated heterocycles. The van der Waals surface area contributed by atoms with Gasteiger partial charge in [-0.1, -0.05) is 19.8 Å². The molecule has 2 atom stereocenters. The van der Waals surface area contributed by atoms with Crippen molar-refractivity contribution < 1.29 is 10.2 Å². The lowest BCUT2D eigenvalue weighted by Gasteiger charge is -2.23. The zero-order valence-electron chi connectivity index (χ0n) is 10.9. The molecule has 0 aliphatic rings. The van der Waals surface area contributed by atoms with E-state index >= 15 is 0 Å². The summed E-state index contributed by atoms with van der Waals surface area (Å²) in [5.74, 6) is 0.249. The van der Waals surface area contributed by atoms with Gasteiger partial charge in [0, 0.05) is 0 Å². The highest BCUT2D eigenvalue weighted by Gasteiger charge is 2.20. The Kier molecular flexibility index (Phi) is 4.97. The standard InChI is InChI=1S/C14H23NO2/c1-4-5-6-12(17)14(15)13-9(2)7-11(16)8-10(13)3/h7-8,12,14,16-17H,4-6,15H2,1-3H3/t12-,14-/m1/s1. The number of hydrogen-bond donors (Lipinski definition) is 3. The summed E-state index contributed by atoms with van der Waals surface area (Å²) in [4.78, 5) is 0. The second-order valence-electron chi connectivity index (χ2n) is 4.73. The summed E-state index contributed by atoms with van der Waals surface area (Å²) >= 11 is 0. The van der Waals surface area contributed by atoms with Gasteiger partial charge in [-0.05, 0) is 49.1 Å². The summed E-state index contributed by atoms with van der Waals surface area (Å²) in [6, 6.07) is 3.01. The lowest BCUT2D eigenvalue weighted by Crippen LogP contribution is -2.27. The first-order valence-electron chi connectivity index (χ1n) is 6.21. The van der Waals surface area contributed by atoms with Gasteiger partial charge in [0.2, 0.25) is 0 Å². The maximum absolute atomic E-state index is 10.0. The van der Waals surface area contributed by atoms with E-state index in [2.05, 4.69) is 6.92 Å². The van der Waals surface area contributed by atoms with Crippen LogP contribution in [0, 0.1) is 13.8 Å². The second-order valence-corrected chi connectivity index (χ2v) is 4.73. The van der Waals surface area contributed by atoms with E-state index in [1.807, 2.05) is 13.8 Å². The quantitative estimate of drug-likeness (QED) is 0.737. The van der Waals surface area contributed by atoms with E-state index < -0.39 is 6.10 Å². The van der Waals surface area contributed by atoms with Gasteiger partial charge in [0.25, 0.3) is 0 Å². The Balaban J connectivity index is 2.91. The summed E-state index contributed by atoms with van der Waals surface area (Å²) in [5.41, 5.74) is 8.92. The average Bonchev–Trinajstić information content (AvgIpc) is 2.24. The van der Waals surface area contributed by atoms with Crippen molar-refractivity contribution in [1.29, 1.82) is 0 Å². The van der Waals surface area contributed by atoms with Crippen LogP contribution < -0.4 is 5.73 Å². The summed E-state index contributed by atoms with van der Waals surface area (Å²) < 4.78 is 0. The number of rotatable bonds is 5. The molecule has 0 heterocycles. The summed E-state index contributed by atoms with van der Waals surface area (Å²) in [6.45, 7) is 5.91. The van der Waals surface area contributed by atoms with Gasteiger partial charge < -0.3 is 15.9 Å². The number of nitrogens with two attached hydrogens (primary N) is 1. The average molecular weight is 237 g/mol. The van der Waals surface area contributed by atoms with Crippen LogP contribution in [-0.2, 0) is 0 Å². The Morgan fingerprint density at radius 3 is 2.24 bits per heavy atom. The van der Waals surface area contributed by atoms with Crippen LogP contribution in [0.2, 0.25) is 0 Å². The third-order valence-corrected chi connectivity index (χ3v) is 3.18. The first-order chi connectivity index (χ1) is 7.97. The van der Waals surface area contributed by atoms with Crippen molar-refractivity contribution in [2.45, 2.75) is 52.2 Å². The minimum Gasteiger partial charge on any atom is -0.508 e. The molecule has 0 bridgehead atoms. The molecule has 0 radical (unpaired) electrons. The molecule has 3 heteroatoms. The Labute approximate surface area is 103 Å². The number of phenolic OH excluding ortho intramolecular Hbond substituents is 1. The molecule has 0 aromatic heterocycles. The molecule has 3 nitrogen and oxygen atoms in total. The van der Waals surface area contributed by atoms with Gasteiger partial charge >= 0.3 is 0 Å². The highest BCUT2D eigenvalue weighted by molar-refractivity contribution is 5.42. The third kappa shape index (κ3) is 3.45. The normalized spacial score (nSPS) is 14.6. The van der Waals surface area contributed by atoms with E-state index in [0.717, 1.165) is 36.0 Å². The van der Waals surface area contributed by atoms with Gasteiger partial charge in [0.1, 0.15) is 5.75 Å². The van der Waals surface area contributed by atoms with Gasteiger partial charge in [-0.15, -0.1) is 0 Å². The lowest BCUT2D eigenvalue weighted by atomic mass is 9.91. The fourth-order valence-corrected chi connectivity index (χ4v) is 2.26. The van der Waals surface area contributed by atoms with Gasteiger partial charge in [-0.25, -0.2) is 0 Å². The van der Waals surface area contributed by atoms with Crippen molar-refractivity contribution in [2.24, 2.45) is 5.73 Å². The molecule has 0 saturated carbocycles. The van der Waals surface area contributed by atoms with Crippen molar-refractivity contribution in [2.75, 3.05) is 0 Å². The van der Waals surface area contributed by atoms with Crippen molar-refractivity contribution in [3.8, 4) is 5.75 Å². The van der Waals surface area contributed by atoms with E-state index in [0.29, 0.717) is 0 Å². The summed E-state index contributed by atoms with van der Waals surface area (Å²) in [5, 5.41) is 19.5. The van der Waals surface area contributed by atoms with Gasteiger partial charge in [-0.2, -0.15) is 0 Å². The summed E-state index contributed by atoms with van der Waals surface area (Å²) in [6.07, 6.45) is 2.23. The molecule has 4 N–H and O–H groups in total. The van der Waals surface area contributed by atoms with E-state index in [4.69, 9.17) is 5.73 Å². The number of hydrogen-bond acceptors (Lipinski definition) is 3. The Hall–Kier alpha value is -1.06. The van der Waals surface area contributed by atoms with E-state index in [1.54, 1.807) is 12.1 Å². The minimum atomic E-state index is -0.517. The molecule has 0 fully saturated rings. The third-order valence-electron chi connectivity index (χ3n) is 3.18. The van der Waals surface area contributed by atoms with Crippen LogP contribution in [0.1, 0.15) is 48.9 Å². The SMILES string of the molecule is CCCC[C@@H](O)[C@@H](N)c1c(C)cc(O)cc1C. The molecule has 1 aromatic carbocycles. The van der Waals surface area contributed by atoms with Crippen LogP contribution in [0.4, 0.5) is 0 Å². The van der Waals surface area contributed by atoms with Crippen molar-refractivity contribution in [3.63, 3.8) is 0 Å². The predicted molar refractivity (Wildman–Crippen MR) is 70.0 cm³/mol.